The minimum absolute atomic E-state index is 0.283. The summed E-state index contributed by atoms with van der Waals surface area (Å²) in [6.07, 6.45) is 5.73. The zero-order valence-corrected chi connectivity index (χ0v) is 12.1. The molecule has 1 saturated heterocycles. The number of oxazole rings is 1. The Kier molecular flexibility index (Phi) is 3.34. The van der Waals surface area contributed by atoms with E-state index in [1.807, 2.05) is 30.3 Å². The zero-order chi connectivity index (χ0) is 14.8. The molecule has 0 saturated carbocycles. The van der Waals surface area contributed by atoms with Crippen LogP contribution in [0.5, 0.6) is 0 Å². The number of nitrogens with one attached hydrogen (secondary N) is 1. The fourth-order valence-electron chi connectivity index (χ4n) is 2.84. The van der Waals surface area contributed by atoms with Gasteiger partial charge in [-0.1, -0.05) is 12.1 Å². The van der Waals surface area contributed by atoms with Crippen molar-refractivity contribution in [2.75, 3.05) is 23.3 Å². The van der Waals surface area contributed by atoms with Gasteiger partial charge in [0, 0.05) is 31.5 Å². The van der Waals surface area contributed by atoms with Crippen molar-refractivity contribution in [2.45, 2.75) is 18.9 Å². The van der Waals surface area contributed by atoms with Crippen LogP contribution in [0.25, 0.3) is 11.1 Å². The number of rotatable bonds is 3. The van der Waals surface area contributed by atoms with Crippen LogP contribution in [-0.2, 0) is 0 Å². The summed E-state index contributed by atoms with van der Waals surface area (Å²) in [6.45, 7) is 1.83. The average molecular weight is 295 g/mol. The number of benzene rings is 1. The van der Waals surface area contributed by atoms with Crippen molar-refractivity contribution in [1.82, 2.24) is 15.0 Å². The summed E-state index contributed by atoms with van der Waals surface area (Å²) in [6, 6.07) is 10.5. The van der Waals surface area contributed by atoms with E-state index in [-0.39, 0.29) is 6.04 Å². The Morgan fingerprint density at radius 2 is 2.00 bits per heavy atom. The van der Waals surface area contributed by atoms with Crippen molar-refractivity contribution >= 4 is 23.1 Å². The Morgan fingerprint density at radius 1 is 1.14 bits per heavy atom. The van der Waals surface area contributed by atoms with Gasteiger partial charge in [0.2, 0.25) is 5.95 Å². The number of hydrogen-bond donors (Lipinski definition) is 1. The number of hydrogen-bond acceptors (Lipinski definition) is 6. The van der Waals surface area contributed by atoms with Crippen molar-refractivity contribution in [3.63, 3.8) is 0 Å². The highest BCUT2D eigenvalue weighted by Crippen LogP contribution is 2.22. The standard InChI is InChI=1S/C16H17N5O/c1-2-7-14-13(6-1)20-16(22-14)19-12-5-3-10-21(11-12)15-17-8-4-9-18-15/h1-2,4,6-9,12H,3,5,10-11H2,(H,19,20)/t12-/m1/s1. The second kappa shape index (κ2) is 5.63. The molecule has 3 heterocycles. The summed E-state index contributed by atoms with van der Waals surface area (Å²) < 4.78 is 5.74. The van der Waals surface area contributed by atoms with Crippen molar-refractivity contribution in [2.24, 2.45) is 0 Å². The SMILES string of the molecule is c1cnc(N2CCC[C@@H](Nc3nc4ccccc4o3)C2)nc1. The van der Waals surface area contributed by atoms with Gasteiger partial charge >= 0.3 is 0 Å². The van der Waals surface area contributed by atoms with Crippen LogP contribution >= 0.6 is 0 Å². The number of anilines is 2. The van der Waals surface area contributed by atoms with E-state index in [0.717, 1.165) is 43.0 Å². The Balaban J connectivity index is 1.48. The molecule has 1 atom stereocenters. The zero-order valence-electron chi connectivity index (χ0n) is 12.1. The number of aromatic nitrogens is 3. The smallest absolute Gasteiger partial charge is 0.295 e. The molecular formula is C16H17N5O. The predicted molar refractivity (Wildman–Crippen MR) is 84.9 cm³/mol. The molecule has 0 radical (unpaired) electrons. The highest BCUT2D eigenvalue weighted by atomic mass is 16.4. The molecule has 1 aliphatic heterocycles. The van der Waals surface area contributed by atoms with E-state index in [0.29, 0.717) is 6.01 Å². The van der Waals surface area contributed by atoms with E-state index in [1.165, 1.54) is 0 Å². The monoisotopic (exact) mass is 295 g/mol. The van der Waals surface area contributed by atoms with Crippen LogP contribution in [0, 0.1) is 0 Å². The van der Waals surface area contributed by atoms with Gasteiger partial charge in [0.1, 0.15) is 5.52 Å². The highest BCUT2D eigenvalue weighted by molar-refractivity contribution is 5.74. The Bertz CT molecular complexity index is 724. The summed E-state index contributed by atoms with van der Waals surface area (Å²) in [7, 11) is 0. The minimum atomic E-state index is 0.283. The van der Waals surface area contributed by atoms with E-state index in [4.69, 9.17) is 4.42 Å². The van der Waals surface area contributed by atoms with Gasteiger partial charge in [0.05, 0.1) is 0 Å². The number of fused-ring (bicyclic) bond motifs is 1. The molecule has 0 amide bonds. The molecule has 2 aromatic heterocycles. The molecule has 1 fully saturated rings. The summed E-state index contributed by atoms with van der Waals surface area (Å²) in [5.41, 5.74) is 1.69. The lowest BCUT2D eigenvalue weighted by atomic mass is 10.1. The first-order valence-electron chi connectivity index (χ1n) is 7.52. The number of nitrogens with zero attached hydrogens (tertiary/aromatic N) is 4. The fraction of sp³-hybridized carbons (Fsp3) is 0.312. The lowest BCUT2D eigenvalue weighted by Gasteiger charge is -2.32. The van der Waals surface area contributed by atoms with Gasteiger partial charge in [-0.05, 0) is 31.0 Å². The van der Waals surface area contributed by atoms with E-state index < -0.39 is 0 Å². The first-order chi connectivity index (χ1) is 10.9. The van der Waals surface area contributed by atoms with E-state index in [1.54, 1.807) is 12.4 Å². The molecule has 0 aliphatic carbocycles. The van der Waals surface area contributed by atoms with E-state index in [2.05, 4.69) is 25.2 Å². The van der Waals surface area contributed by atoms with Gasteiger partial charge < -0.3 is 14.6 Å². The Hall–Kier alpha value is -2.63. The maximum Gasteiger partial charge on any atom is 0.295 e. The van der Waals surface area contributed by atoms with Crippen LogP contribution in [0.3, 0.4) is 0 Å². The fourth-order valence-corrected chi connectivity index (χ4v) is 2.84. The molecule has 0 spiro atoms. The second-order valence-electron chi connectivity index (χ2n) is 5.47. The van der Waals surface area contributed by atoms with Crippen LogP contribution < -0.4 is 10.2 Å². The Morgan fingerprint density at radius 3 is 2.86 bits per heavy atom. The molecule has 1 aliphatic rings. The maximum atomic E-state index is 5.74. The molecule has 3 aromatic rings. The van der Waals surface area contributed by atoms with Crippen LogP contribution in [-0.4, -0.2) is 34.1 Å². The van der Waals surface area contributed by atoms with Crippen molar-refractivity contribution in [3.05, 3.63) is 42.7 Å². The summed E-state index contributed by atoms with van der Waals surface area (Å²) in [5, 5.41) is 3.40. The van der Waals surface area contributed by atoms with Gasteiger partial charge in [-0.25, -0.2) is 9.97 Å². The van der Waals surface area contributed by atoms with Gasteiger partial charge in [-0.2, -0.15) is 4.98 Å². The Labute approximate surface area is 128 Å². The van der Waals surface area contributed by atoms with Gasteiger partial charge in [0.15, 0.2) is 5.58 Å². The average Bonchev–Trinajstić information content (AvgIpc) is 2.98. The molecule has 1 N–H and O–H groups in total. The first kappa shape index (κ1) is 13.1. The molecule has 1 aromatic carbocycles. The van der Waals surface area contributed by atoms with Crippen LogP contribution in [0.4, 0.5) is 12.0 Å². The number of para-hydroxylation sites is 2. The predicted octanol–water partition coefficient (Wildman–Crippen LogP) is 2.70. The summed E-state index contributed by atoms with van der Waals surface area (Å²) in [4.78, 5) is 15.3. The van der Waals surface area contributed by atoms with Gasteiger partial charge in [-0.3, -0.25) is 0 Å². The van der Waals surface area contributed by atoms with E-state index >= 15 is 0 Å². The molecule has 0 bridgehead atoms. The summed E-state index contributed by atoms with van der Waals surface area (Å²) in [5.74, 6) is 0.784. The molecule has 4 rings (SSSR count). The van der Waals surface area contributed by atoms with Crippen LogP contribution in [0.1, 0.15) is 12.8 Å². The third kappa shape index (κ3) is 2.59. The third-order valence-electron chi connectivity index (χ3n) is 3.88. The van der Waals surface area contributed by atoms with Crippen molar-refractivity contribution < 1.29 is 4.42 Å². The molecular weight excluding hydrogens is 278 g/mol. The first-order valence-corrected chi connectivity index (χ1v) is 7.52. The highest BCUT2D eigenvalue weighted by Gasteiger charge is 2.22. The van der Waals surface area contributed by atoms with Crippen molar-refractivity contribution in [1.29, 1.82) is 0 Å². The van der Waals surface area contributed by atoms with Crippen molar-refractivity contribution in [3.8, 4) is 0 Å². The quantitative estimate of drug-likeness (QED) is 0.801. The van der Waals surface area contributed by atoms with Crippen LogP contribution in [0.2, 0.25) is 0 Å². The molecule has 112 valence electrons. The second-order valence-corrected chi connectivity index (χ2v) is 5.47. The third-order valence-corrected chi connectivity index (χ3v) is 3.88. The number of piperidine rings is 1. The van der Waals surface area contributed by atoms with Crippen LogP contribution in [0.15, 0.2) is 47.1 Å². The van der Waals surface area contributed by atoms with Gasteiger partial charge in [-0.15, -0.1) is 0 Å². The normalized spacial score (nSPS) is 18.5. The topological polar surface area (TPSA) is 67.1 Å². The van der Waals surface area contributed by atoms with E-state index in [9.17, 15) is 0 Å². The minimum Gasteiger partial charge on any atom is -0.424 e. The maximum absolute atomic E-state index is 5.74. The molecule has 6 heteroatoms. The molecule has 22 heavy (non-hydrogen) atoms. The van der Waals surface area contributed by atoms with Gasteiger partial charge in [0.25, 0.3) is 6.01 Å². The lowest BCUT2D eigenvalue weighted by Crippen LogP contribution is -2.42. The lowest BCUT2D eigenvalue weighted by molar-refractivity contribution is 0.504. The summed E-state index contributed by atoms with van der Waals surface area (Å²) >= 11 is 0. The molecule has 0 unspecified atom stereocenters. The largest absolute Gasteiger partial charge is 0.424 e. The molecule has 6 nitrogen and oxygen atoms in total.